The molecular formula is C19H18Cl2N4O2. The number of nitrogens with zero attached hydrogens (tertiary/aromatic N) is 4. The van der Waals surface area contributed by atoms with Crippen LogP contribution < -0.4 is 4.74 Å². The van der Waals surface area contributed by atoms with E-state index in [1.807, 2.05) is 0 Å². The molecule has 0 spiro atoms. The fourth-order valence-electron chi connectivity index (χ4n) is 3.35. The van der Waals surface area contributed by atoms with Crippen molar-refractivity contribution in [3.8, 4) is 5.75 Å². The summed E-state index contributed by atoms with van der Waals surface area (Å²) < 4.78 is 6.98. The van der Waals surface area contributed by atoms with Gasteiger partial charge in [0.25, 0.3) is 0 Å². The molecule has 3 aromatic rings. The maximum Gasteiger partial charge on any atom is 0.198 e. The van der Waals surface area contributed by atoms with Crippen LogP contribution in [0.25, 0.3) is 5.65 Å². The molecule has 0 aromatic carbocycles. The van der Waals surface area contributed by atoms with Crippen molar-refractivity contribution in [1.29, 1.82) is 0 Å². The van der Waals surface area contributed by atoms with Crippen molar-refractivity contribution < 1.29 is 9.53 Å². The van der Waals surface area contributed by atoms with E-state index in [-0.39, 0.29) is 17.6 Å². The van der Waals surface area contributed by atoms with E-state index >= 15 is 0 Å². The number of hydrogen-bond donors (Lipinski definition) is 0. The van der Waals surface area contributed by atoms with E-state index < -0.39 is 0 Å². The number of pyridine rings is 2. The fourth-order valence-corrected chi connectivity index (χ4v) is 3.85. The summed E-state index contributed by atoms with van der Waals surface area (Å²) >= 11 is 12.3. The van der Waals surface area contributed by atoms with Crippen molar-refractivity contribution in [1.82, 2.24) is 19.6 Å². The maximum absolute atomic E-state index is 13.0. The zero-order valence-electron chi connectivity index (χ0n) is 15.0. The molecule has 0 radical (unpaired) electrons. The molecule has 0 amide bonds. The van der Waals surface area contributed by atoms with Crippen molar-refractivity contribution in [2.24, 2.45) is 0 Å². The third kappa shape index (κ3) is 3.07. The summed E-state index contributed by atoms with van der Waals surface area (Å²) in [6, 6.07) is 3.43. The lowest BCUT2D eigenvalue weighted by atomic mass is 9.70. The molecule has 0 saturated heterocycles. The summed E-state index contributed by atoms with van der Waals surface area (Å²) in [4.78, 5) is 21.6. The predicted octanol–water partition coefficient (Wildman–Crippen LogP) is 4.31. The van der Waals surface area contributed by atoms with Crippen LogP contribution >= 0.6 is 23.2 Å². The molecule has 27 heavy (non-hydrogen) atoms. The second-order valence-corrected chi connectivity index (χ2v) is 7.87. The number of rotatable bonds is 5. The largest absolute Gasteiger partial charge is 0.493 e. The third-order valence-electron chi connectivity index (χ3n) is 5.24. The molecule has 0 aliphatic heterocycles. The van der Waals surface area contributed by atoms with Crippen LogP contribution in [0.1, 0.15) is 48.1 Å². The molecule has 0 bridgehead atoms. The van der Waals surface area contributed by atoms with Crippen molar-refractivity contribution >= 4 is 34.6 Å². The van der Waals surface area contributed by atoms with E-state index in [9.17, 15) is 4.79 Å². The summed E-state index contributed by atoms with van der Waals surface area (Å²) in [7, 11) is 1.58. The van der Waals surface area contributed by atoms with Gasteiger partial charge < -0.3 is 4.74 Å². The summed E-state index contributed by atoms with van der Waals surface area (Å²) in [6.07, 6.45) is 6.24. The minimum absolute atomic E-state index is 0.0466. The van der Waals surface area contributed by atoms with Gasteiger partial charge in [-0.15, -0.1) is 5.10 Å². The molecule has 4 rings (SSSR count). The number of halogens is 2. The van der Waals surface area contributed by atoms with Gasteiger partial charge in [-0.3, -0.25) is 9.78 Å². The van der Waals surface area contributed by atoms with E-state index in [0.29, 0.717) is 32.7 Å². The van der Waals surface area contributed by atoms with Crippen LogP contribution in [-0.2, 0) is 11.8 Å². The number of carbonyl (C=O) groups excluding carboxylic acids is 1. The Morgan fingerprint density at radius 2 is 1.96 bits per heavy atom. The van der Waals surface area contributed by atoms with Crippen molar-refractivity contribution in [2.45, 2.75) is 38.0 Å². The lowest BCUT2D eigenvalue weighted by Crippen LogP contribution is -2.31. The van der Waals surface area contributed by atoms with Crippen LogP contribution in [-0.4, -0.2) is 32.5 Å². The SMILES string of the molecule is COc1ccc(C(=O)Cc2c(Cl)cncc2Cl)n2nc(C3(C)CCC3)nc12. The number of ether oxygens (including phenoxy) is 1. The first-order valence-corrected chi connectivity index (χ1v) is 9.44. The maximum atomic E-state index is 13.0. The van der Waals surface area contributed by atoms with Gasteiger partial charge in [0, 0.05) is 29.8 Å². The normalized spacial score (nSPS) is 15.6. The molecule has 1 aliphatic rings. The minimum Gasteiger partial charge on any atom is -0.493 e. The molecule has 1 fully saturated rings. The Morgan fingerprint density at radius 3 is 2.56 bits per heavy atom. The highest BCUT2D eigenvalue weighted by molar-refractivity contribution is 6.36. The summed E-state index contributed by atoms with van der Waals surface area (Å²) in [5.41, 5.74) is 1.46. The Morgan fingerprint density at radius 1 is 1.26 bits per heavy atom. The smallest absolute Gasteiger partial charge is 0.198 e. The third-order valence-corrected chi connectivity index (χ3v) is 5.89. The molecule has 1 saturated carbocycles. The average molecular weight is 405 g/mol. The van der Waals surface area contributed by atoms with Crippen LogP contribution in [0.3, 0.4) is 0 Å². The first-order valence-electron chi connectivity index (χ1n) is 8.68. The van der Waals surface area contributed by atoms with E-state index in [1.54, 1.807) is 23.8 Å². The predicted molar refractivity (Wildman–Crippen MR) is 103 cm³/mol. The van der Waals surface area contributed by atoms with Gasteiger partial charge in [-0.2, -0.15) is 0 Å². The number of ketones is 1. The minimum atomic E-state index is -0.159. The topological polar surface area (TPSA) is 69.4 Å². The van der Waals surface area contributed by atoms with Gasteiger partial charge in [-0.25, -0.2) is 9.50 Å². The first kappa shape index (κ1) is 18.2. The first-order chi connectivity index (χ1) is 12.9. The van der Waals surface area contributed by atoms with Gasteiger partial charge >= 0.3 is 0 Å². The van der Waals surface area contributed by atoms with Crippen molar-refractivity contribution in [3.63, 3.8) is 0 Å². The Balaban J connectivity index is 1.78. The zero-order chi connectivity index (χ0) is 19.2. The zero-order valence-corrected chi connectivity index (χ0v) is 16.5. The highest BCUT2D eigenvalue weighted by Crippen LogP contribution is 2.42. The second kappa shape index (κ2) is 6.77. The number of methoxy groups -OCH3 is 1. The standard InChI is InChI=1S/C19H18Cl2N4O2/c1-19(6-3-7-19)18-23-17-16(27-2)5-4-14(25(17)24-18)15(26)8-11-12(20)9-22-10-13(11)21/h4-5,9-10H,3,6-8H2,1-2H3. The van der Waals surface area contributed by atoms with Crippen LogP contribution in [0, 0.1) is 0 Å². The molecule has 8 heteroatoms. The lowest BCUT2D eigenvalue weighted by molar-refractivity contribution is 0.0985. The van der Waals surface area contributed by atoms with Crippen molar-refractivity contribution in [2.75, 3.05) is 7.11 Å². The second-order valence-electron chi connectivity index (χ2n) is 7.05. The number of carbonyl (C=O) groups is 1. The summed E-state index contributed by atoms with van der Waals surface area (Å²) in [5, 5.41) is 5.37. The van der Waals surface area contributed by atoms with Gasteiger partial charge in [0.2, 0.25) is 0 Å². The highest BCUT2D eigenvalue weighted by atomic mass is 35.5. The summed E-state index contributed by atoms with van der Waals surface area (Å²) in [5.74, 6) is 1.16. The van der Waals surface area contributed by atoms with E-state index in [2.05, 4.69) is 22.0 Å². The van der Waals surface area contributed by atoms with Gasteiger partial charge in [0.15, 0.2) is 23.0 Å². The van der Waals surface area contributed by atoms with Crippen LogP contribution in [0.15, 0.2) is 24.5 Å². The Labute approximate surface area is 166 Å². The monoisotopic (exact) mass is 404 g/mol. The van der Waals surface area contributed by atoms with Crippen molar-refractivity contribution in [3.05, 3.63) is 51.7 Å². The highest BCUT2D eigenvalue weighted by Gasteiger charge is 2.38. The van der Waals surface area contributed by atoms with E-state index in [0.717, 1.165) is 25.1 Å². The lowest BCUT2D eigenvalue weighted by Gasteiger charge is -2.35. The van der Waals surface area contributed by atoms with Crippen LogP contribution in [0.2, 0.25) is 10.0 Å². The Bertz CT molecular complexity index is 1020. The molecule has 1 aliphatic carbocycles. The van der Waals surface area contributed by atoms with Gasteiger partial charge in [-0.05, 0) is 25.0 Å². The molecule has 140 valence electrons. The molecule has 6 nitrogen and oxygen atoms in total. The number of aromatic nitrogens is 4. The van der Waals surface area contributed by atoms with Gasteiger partial charge in [-0.1, -0.05) is 36.5 Å². The van der Waals surface area contributed by atoms with E-state index in [1.165, 1.54) is 12.4 Å². The molecule has 3 aromatic heterocycles. The molecule has 0 atom stereocenters. The van der Waals surface area contributed by atoms with Gasteiger partial charge in [0.05, 0.1) is 17.2 Å². The Hall–Kier alpha value is -2.18. The van der Waals surface area contributed by atoms with Gasteiger partial charge in [0.1, 0.15) is 5.69 Å². The van der Waals surface area contributed by atoms with Crippen LogP contribution in [0.5, 0.6) is 5.75 Å². The molecule has 0 unspecified atom stereocenters. The summed E-state index contributed by atoms with van der Waals surface area (Å²) in [6.45, 7) is 2.15. The fraction of sp³-hybridized carbons (Fsp3) is 0.368. The van der Waals surface area contributed by atoms with E-state index in [4.69, 9.17) is 27.9 Å². The number of hydrogen-bond acceptors (Lipinski definition) is 5. The Kier molecular flexibility index (Phi) is 4.56. The molecular weight excluding hydrogens is 387 g/mol. The van der Waals surface area contributed by atoms with Crippen LogP contribution in [0.4, 0.5) is 0 Å². The number of Topliss-reactive ketones (excluding diaryl/α,β-unsaturated/α-hetero) is 1. The molecule has 3 heterocycles. The molecule has 0 N–H and O–H groups in total. The number of fused-ring (bicyclic) bond motifs is 1. The average Bonchev–Trinajstić information content (AvgIpc) is 3.07. The quantitative estimate of drug-likeness (QED) is 0.592.